The average molecular weight is 246 g/mol. The van der Waals surface area contributed by atoms with Gasteiger partial charge in [-0.25, -0.2) is 4.79 Å². The van der Waals surface area contributed by atoms with Gasteiger partial charge in [-0.15, -0.1) is 0 Å². The highest BCUT2D eigenvalue weighted by Crippen LogP contribution is 2.17. The van der Waals surface area contributed by atoms with Crippen molar-refractivity contribution in [2.75, 3.05) is 5.32 Å². The highest BCUT2D eigenvalue weighted by atomic mass is 16.2. The molecule has 2 N–H and O–H groups in total. The Kier molecular flexibility index (Phi) is 4.34. The summed E-state index contributed by atoms with van der Waals surface area (Å²) >= 11 is 0. The molecule has 0 atom stereocenters. The van der Waals surface area contributed by atoms with Crippen molar-refractivity contribution < 1.29 is 9.59 Å². The van der Waals surface area contributed by atoms with Gasteiger partial charge < -0.3 is 10.6 Å². The molecule has 0 unspecified atom stereocenters. The third-order valence-corrected chi connectivity index (χ3v) is 3.22. The fraction of sp³-hybridized carbons (Fsp3) is 0.429. The topological polar surface area (TPSA) is 58.2 Å². The number of hydrogen-bond donors (Lipinski definition) is 2. The zero-order valence-corrected chi connectivity index (χ0v) is 10.3. The van der Waals surface area contributed by atoms with E-state index in [1.165, 1.54) is 19.3 Å². The molecule has 0 aliphatic heterocycles. The second-order valence-electron chi connectivity index (χ2n) is 4.68. The van der Waals surface area contributed by atoms with Gasteiger partial charge in [0, 0.05) is 17.3 Å². The molecule has 0 radical (unpaired) electrons. The van der Waals surface area contributed by atoms with E-state index in [2.05, 4.69) is 10.6 Å². The van der Waals surface area contributed by atoms with Gasteiger partial charge in [0.15, 0.2) is 0 Å². The minimum atomic E-state index is -0.190. The molecule has 0 heterocycles. The van der Waals surface area contributed by atoms with Gasteiger partial charge >= 0.3 is 6.03 Å². The first kappa shape index (κ1) is 12.6. The van der Waals surface area contributed by atoms with Crippen molar-refractivity contribution in [1.82, 2.24) is 5.32 Å². The average Bonchev–Trinajstić information content (AvgIpc) is 2.40. The van der Waals surface area contributed by atoms with Crippen LogP contribution in [-0.4, -0.2) is 18.4 Å². The van der Waals surface area contributed by atoms with Crippen LogP contribution in [0.5, 0.6) is 0 Å². The van der Waals surface area contributed by atoms with E-state index in [0.29, 0.717) is 11.3 Å². The molecule has 2 amide bonds. The maximum Gasteiger partial charge on any atom is 0.319 e. The number of amides is 2. The van der Waals surface area contributed by atoms with Gasteiger partial charge in [0.25, 0.3) is 0 Å². The van der Waals surface area contributed by atoms with Crippen molar-refractivity contribution in [2.24, 2.45) is 0 Å². The molecule has 1 aliphatic carbocycles. The molecule has 2 rings (SSSR count). The molecule has 0 bridgehead atoms. The van der Waals surface area contributed by atoms with Gasteiger partial charge in [-0.2, -0.15) is 0 Å². The van der Waals surface area contributed by atoms with Crippen LogP contribution in [0.25, 0.3) is 0 Å². The number of anilines is 1. The van der Waals surface area contributed by atoms with Crippen LogP contribution in [0.2, 0.25) is 0 Å². The summed E-state index contributed by atoms with van der Waals surface area (Å²) in [6.07, 6.45) is 6.52. The molecule has 0 saturated heterocycles. The number of carbonyl (C=O) groups excluding carboxylic acids is 2. The molecule has 1 aliphatic rings. The second-order valence-corrected chi connectivity index (χ2v) is 4.68. The van der Waals surface area contributed by atoms with E-state index < -0.39 is 0 Å². The van der Waals surface area contributed by atoms with Crippen molar-refractivity contribution in [3.05, 3.63) is 29.8 Å². The van der Waals surface area contributed by atoms with Crippen molar-refractivity contribution in [3.63, 3.8) is 0 Å². The van der Waals surface area contributed by atoms with Crippen LogP contribution in [0.4, 0.5) is 10.5 Å². The molecule has 1 aromatic carbocycles. The lowest BCUT2D eigenvalue weighted by atomic mass is 9.96. The van der Waals surface area contributed by atoms with E-state index in [0.717, 1.165) is 19.1 Å². The summed E-state index contributed by atoms with van der Waals surface area (Å²) in [6, 6.07) is 6.98. The predicted octanol–water partition coefficient (Wildman–Crippen LogP) is 2.95. The van der Waals surface area contributed by atoms with Gasteiger partial charge in [0.2, 0.25) is 0 Å². The number of rotatable bonds is 3. The lowest BCUT2D eigenvalue weighted by molar-refractivity contribution is 0.112. The number of carbonyl (C=O) groups is 2. The van der Waals surface area contributed by atoms with Crippen LogP contribution in [-0.2, 0) is 0 Å². The SMILES string of the molecule is O=Cc1cccc(NC(=O)NC2CCCCC2)c1. The summed E-state index contributed by atoms with van der Waals surface area (Å²) < 4.78 is 0. The molecular weight excluding hydrogens is 228 g/mol. The van der Waals surface area contributed by atoms with E-state index in [-0.39, 0.29) is 12.1 Å². The highest BCUT2D eigenvalue weighted by Gasteiger charge is 2.15. The van der Waals surface area contributed by atoms with Gasteiger partial charge in [-0.05, 0) is 25.0 Å². The lowest BCUT2D eigenvalue weighted by Crippen LogP contribution is -2.39. The molecule has 18 heavy (non-hydrogen) atoms. The van der Waals surface area contributed by atoms with Crippen molar-refractivity contribution in [3.8, 4) is 0 Å². The summed E-state index contributed by atoms with van der Waals surface area (Å²) in [4.78, 5) is 22.4. The number of hydrogen-bond acceptors (Lipinski definition) is 2. The Morgan fingerprint density at radius 2 is 2.00 bits per heavy atom. The smallest absolute Gasteiger partial charge is 0.319 e. The first-order valence-electron chi connectivity index (χ1n) is 6.41. The fourth-order valence-corrected chi connectivity index (χ4v) is 2.29. The van der Waals surface area contributed by atoms with Crippen LogP contribution in [0, 0.1) is 0 Å². The highest BCUT2D eigenvalue weighted by molar-refractivity contribution is 5.90. The van der Waals surface area contributed by atoms with Crippen molar-refractivity contribution >= 4 is 18.0 Å². The Balaban J connectivity index is 1.87. The zero-order chi connectivity index (χ0) is 12.8. The monoisotopic (exact) mass is 246 g/mol. The van der Waals surface area contributed by atoms with E-state index in [1.54, 1.807) is 24.3 Å². The van der Waals surface area contributed by atoms with E-state index in [4.69, 9.17) is 0 Å². The predicted molar refractivity (Wildman–Crippen MR) is 70.9 cm³/mol. The quantitative estimate of drug-likeness (QED) is 0.805. The van der Waals surface area contributed by atoms with Gasteiger partial charge in [0.05, 0.1) is 0 Å². The van der Waals surface area contributed by atoms with E-state index >= 15 is 0 Å². The third-order valence-electron chi connectivity index (χ3n) is 3.22. The van der Waals surface area contributed by atoms with Crippen LogP contribution in [0.3, 0.4) is 0 Å². The zero-order valence-electron chi connectivity index (χ0n) is 10.3. The summed E-state index contributed by atoms with van der Waals surface area (Å²) in [6.45, 7) is 0. The molecule has 0 spiro atoms. The number of benzene rings is 1. The van der Waals surface area contributed by atoms with Gasteiger partial charge in [0.1, 0.15) is 6.29 Å². The molecule has 1 saturated carbocycles. The summed E-state index contributed by atoms with van der Waals surface area (Å²) in [5.41, 5.74) is 1.21. The maximum absolute atomic E-state index is 11.8. The Morgan fingerprint density at radius 3 is 2.72 bits per heavy atom. The second kappa shape index (κ2) is 6.19. The number of nitrogens with one attached hydrogen (secondary N) is 2. The Hall–Kier alpha value is -1.84. The molecule has 1 fully saturated rings. The third kappa shape index (κ3) is 3.58. The Bertz CT molecular complexity index is 426. The number of aldehydes is 1. The largest absolute Gasteiger partial charge is 0.335 e. The summed E-state index contributed by atoms with van der Waals surface area (Å²) in [5.74, 6) is 0. The minimum Gasteiger partial charge on any atom is -0.335 e. The summed E-state index contributed by atoms with van der Waals surface area (Å²) in [5, 5.41) is 5.72. The summed E-state index contributed by atoms with van der Waals surface area (Å²) in [7, 11) is 0. The number of urea groups is 1. The Morgan fingerprint density at radius 1 is 1.22 bits per heavy atom. The van der Waals surface area contributed by atoms with Crippen LogP contribution < -0.4 is 10.6 Å². The fourth-order valence-electron chi connectivity index (χ4n) is 2.29. The molecule has 4 nitrogen and oxygen atoms in total. The van der Waals surface area contributed by atoms with Gasteiger partial charge in [-0.1, -0.05) is 31.4 Å². The molecule has 96 valence electrons. The van der Waals surface area contributed by atoms with Crippen LogP contribution >= 0.6 is 0 Å². The van der Waals surface area contributed by atoms with E-state index in [9.17, 15) is 9.59 Å². The standard InChI is InChI=1S/C14H18N2O2/c17-10-11-5-4-8-13(9-11)16-14(18)15-12-6-2-1-3-7-12/h4-5,8-10,12H,1-3,6-7H2,(H2,15,16,18). The normalized spacial score (nSPS) is 16.0. The van der Waals surface area contributed by atoms with Gasteiger partial charge in [-0.3, -0.25) is 4.79 Å². The molecule has 4 heteroatoms. The first-order valence-corrected chi connectivity index (χ1v) is 6.41. The minimum absolute atomic E-state index is 0.190. The van der Waals surface area contributed by atoms with E-state index in [1.807, 2.05) is 0 Å². The van der Waals surface area contributed by atoms with Crippen molar-refractivity contribution in [2.45, 2.75) is 38.1 Å². The lowest BCUT2D eigenvalue weighted by Gasteiger charge is -2.22. The maximum atomic E-state index is 11.8. The molecule has 0 aromatic heterocycles. The first-order chi connectivity index (χ1) is 8.78. The molecular formula is C14H18N2O2. The van der Waals surface area contributed by atoms with Crippen LogP contribution in [0.1, 0.15) is 42.5 Å². The Labute approximate surface area is 107 Å². The van der Waals surface area contributed by atoms with Crippen LogP contribution in [0.15, 0.2) is 24.3 Å². The molecule has 1 aromatic rings. The van der Waals surface area contributed by atoms with Crippen molar-refractivity contribution in [1.29, 1.82) is 0 Å².